The molecule has 0 aliphatic heterocycles. The summed E-state index contributed by atoms with van der Waals surface area (Å²) >= 11 is 0. The minimum atomic E-state index is -0.186. The summed E-state index contributed by atoms with van der Waals surface area (Å²) in [6.45, 7) is 4.71. The first-order valence-electron chi connectivity index (χ1n) is 10.6. The van der Waals surface area contributed by atoms with Gasteiger partial charge in [0.15, 0.2) is 5.69 Å². The average Bonchev–Trinajstić information content (AvgIpc) is 3.23. The molecule has 162 valence electrons. The van der Waals surface area contributed by atoms with Gasteiger partial charge in [-0.1, -0.05) is 31.2 Å². The Morgan fingerprint density at radius 3 is 2.50 bits per heavy atom. The molecule has 0 spiro atoms. The molecule has 1 aliphatic carbocycles. The first-order valence-corrected chi connectivity index (χ1v) is 10.6. The number of amides is 2. The predicted molar refractivity (Wildman–Crippen MR) is 113 cm³/mol. The lowest BCUT2D eigenvalue weighted by Crippen LogP contribution is -2.38. The summed E-state index contributed by atoms with van der Waals surface area (Å²) in [6.07, 6.45) is 5.64. The van der Waals surface area contributed by atoms with Crippen LogP contribution in [0.3, 0.4) is 0 Å². The Morgan fingerprint density at radius 2 is 1.87 bits per heavy atom. The number of ether oxygens (including phenoxy) is 1. The molecule has 8 heteroatoms. The van der Waals surface area contributed by atoms with E-state index < -0.39 is 0 Å². The molecule has 0 atom stereocenters. The van der Waals surface area contributed by atoms with E-state index in [-0.39, 0.29) is 23.9 Å². The molecular formula is C22H31N5O3. The number of carbonyl (C=O) groups excluding carboxylic acids is 2. The van der Waals surface area contributed by atoms with Gasteiger partial charge in [0.25, 0.3) is 5.91 Å². The van der Waals surface area contributed by atoms with Crippen LogP contribution in [0.4, 0.5) is 0 Å². The van der Waals surface area contributed by atoms with Crippen molar-refractivity contribution in [3.05, 3.63) is 41.7 Å². The van der Waals surface area contributed by atoms with Crippen LogP contribution in [0.2, 0.25) is 0 Å². The summed E-state index contributed by atoms with van der Waals surface area (Å²) in [5.41, 5.74) is 1.32. The molecular weight excluding hydrogens is 382 g/mol. The Hall–Kier alpha value is -2.90. The highest BCUT2D eigenvalue weighted by molar-refractivity contribution is 5.91. The number of carbonyl (C=O) groups is 2. The molecule has 1 aromatic heterocycles. The lowest BCUT2D eigenvalue weighted by molar-refractivity contribution is -0.121. The highest BCUT2D eigenvalue weighted by Crippen LogP contribution is 2.28. The second kappa shape index (κ2) is 10.2. The number of nitrogens with one attached hydrogen (secondary N) is 2. The third kappa shape index (κ3) is 6.05. The molecule has 2 N–H and O–H groups in total. The number of benzene rings is 1. The molecule has 0 radical (unpaired) electrons. The van der Waals surface area contributed by atoms with Crippen molar-refractivity contribution in [3.8, 4) is 5.75 Å². The Labute approximate surface area is 177 Å². The van der Waals surface area contributed by atoms with E-state index in [0.717, 1.165) is 37.0 Å². The monoisotopic (exact) mass is 413 g/mol. The highest BCUT2D eigenvalue weighted by atomic mass is 16.5. The van der Waals surface area contributed by atoms with E-state index in [1.807, 2.05) is 38.1 Å². The number of aromatic nitrogens is 3. The Bertz CT molecular complexity index is 839. The maximum atomic E-state index is 12.4. The van der Waals surface area contributed by atoms with Crippen molar-refractivity contribution >= 4 is 11.8 Å². The second-order valence-corrected chi connectivity index (χ2v) is 8.29. The van der Waals surface area contributed by atoms with Crippen LogP contribution in [-0.2, 0) is 11.2 Å². The van der Waals surface area contributed by atoms with E-state index in [1.54, 1.807) is 18.0 Å². The van der Waals surface area contributed by atoms with Gasteiger partial charge in [-0.3, -0.25) is 9.59 Å². The van der Waals surface area contributed by atoms with Gasteiger partial charge in [0.2, 0.25) is 5.91 Å². The Balaban J connectivity index is 1.44. The van der Waals surface area contributed by atoms with Crippen LogP contribution >= 0.6 is 0 Å². The van der Waals surface area contributed by atoms with Crippen LogP contribution < -0.4 is 15.4 Å². The number of hydrogen-bond acceptors (Lipinski definition) is 5. The Morgan fingerprint density at radius 1 is 1.17 bits per heavy atom. The van der Waals surface area contributed by atoms with Crippen molar-refractivity contribution in [3.63, 3.8) is 0 Å². The SMILES string of the molecule is COc1ccc(CC(=O)NC2CCC(n3cc(C(=O)NCC(C)C)nn3)CC2)cc1. The number of nitrogens with zero attached hydrogens (tertiary/aromatic N) is 3. The lowest BCUT2D eigenvalue weighted by Gasteiger charge is -2.29. The van der Waals surface area contributed by atoms with Crippen molar-refractivity contribution in [1.29, 1.82) is 0 Å². The molecule has 3 rings (SSSR count). The van der Waals surface area contributed by atoms with Crippen molar-refractivity contribution in [2.45, 2.75) is 58.0 Å². The van der Waals surface area contributed by atoms with Gasteiger partial charge in [0.05, 0.1) is 25.8 Å². The zero-order chi connectivity index (χ0) is 21.5. The first kappa shape index (κ1) is 21.8. The molecule has 0 saturated heterocycles. The smallest absolute Gasteiger partial charge is 0.273 e. The summed E-state index contributed by atoms with van der Waals surface area (Å²) in [5, 5.41) is 14.2. The van der Waals surface area contributed by atoms with Crippen LogP contribution in [0.5, 0.6) is 5.75 Å². The normalized spacial score (nSPS) is 18.8. The van der Waals surface area contributed by atoms with Crippen LogP contribution in [-0.4, -0.2) is 46.5 Å². The van der Waals surface area contributed by atoms with Crippen molar-refractivity contribution < 1.29 is 14.3 Å². The molecule has 1 aliphatic rings. The molecule has 2 aromatic rings. The minimum Gasteiger partial charge on any atom is -0.497 e. The van der Waals surface area contributed by atoms with E-state index in [1.165, 1.54) is 0 Å². The molecule has 1 heterocycles. The van der Waals surface area contributed by atoms with Gasteiger partial charge in [-0.25, -0.2) is 4.68 Å². The topological polar surface area (TPSA) is 98.1 Å². The fourth-order valence-corrected chi connectivity index (χ4v) is 3.64. The standard InChI is InChI=1S/C22H31N5O3/c1-15(2)13-23-22(29)20-14-27(26-25-20)18-8-6-17(7-9-18)24-21(28)12-16-4-10-19(30-3)11-5-16/h4-5,10-11,14-15,17-18H,6-9,12-13H2,1-3H3,(H,23,29)(H,24,28). The van der Waals surface area contributed by atoms with Crippen molar-refractivity contribution in [2.75, 3.05) is 13.7 Å². The Kier molecular flexibility index (Phi) is 7.43. The van der Waals surface area contributed by atoms with E-state index >= 15 is 0 Å². The number of hydrogen-bond donors (Lipinski definition) is 2. The first-order chi connectivity index (χ1) is 14.4. The summed E-state index contributed by atoms with van der Waals surface area (Å²) in [6, 6.07) is 7.93. The molecule has 2 amide bonds. The zero-order valence-corrected chi connectivity index (χ0v) is 17.9. The molecule has 1 saturated carbocycles. The number of methoxy groups -OCH3 is 1. The average molecular weight is 414 g/mol. The summed E-state index contributed by atoms with van der Waals surface area (Å²) in [7, 11) is 1.62. The highest BCUT2D eigenvalue weighted by Gasteiger charge is 2.25. The summed E-state index contributed by atoms with van der Waals surface area (Å²) in [4.78, 5) is 24.5. The fourth-order valence-electron chi connectivity index (χ4n) is 3.64. The molecule has 8 nitrogen and oxygen atoms in total. The van der Waals surface area contributed by atoms with Crippen LogP contribution in [0, 0.1) is 5.92 Å². The van der Waals surface area contributed by atoms with E-state index in [0.29, 0.717) is 24.6 Å². The van der Waals surface area contributed by atoms with Crippen molar-refractivity contribution in [2.24, 2.45) is 5.92 Å². The van der Waals surface area contributed by atoms with Crippen LogP contribution in [0.1, 0.15) is 61.6 Å². The number of rotatable bonds is 8. The van der Waals surface area contributed by atoms with Gasteiger partial charge in [0.1, 0.15) is 5.75 Å². The van der Waals surface area contributed by atoms with Gasteiger partial charge < -0.3 is 15.4 Å². The van der Waals surface area contributed by atoms with E-state index in [4.69, 9.17) is 4.74 Å². The third-order valence-corrected chi connectivity index (χ3v) is 5.37. The van der Waals surface area contributed by atoms with Crippen LogP contribution in [0.25, 0.3) is 0 Å². The maximum absolute atomic E-state index is 12.4. The van der Waals surface area contributed by atoms with E-state index in [2.05, 4.69) is 20.9 Å². The lowest BCUT2D eigenvalue weighted by atomic mass is 9.91. The zero-order valence-electron chi connectivity index (χ0n) is 17.9. The van der Waals surface area contributed by atoms with Gasteiger partial charge in [-0.15, -0.1) is 5.10 Å². The van der Waals surface area contributed by atoms with Crippen molar-refractivity contribution in [1.82, 2.24) is 25.6 Å². The molecule has 1 aromatic carbocycles. The third-order valence-electron chi connectivity index (χ3n) is 5.37. The molecule has 0 bridgehead atoms. The largest absolute Gasteiger partial charge is 0.497 e. The van der Waals surface area contributed by atoms with Gasteiger partial charge in [-0.05, 0) is 49.3 Å². The fraction of sp³-hybridized carbons (Fsp3) is 0.545. The minimum absolute atomic E-state index is 0.0356. The summed E-state index contributed by atoms with van der Waals surface area (Å²) < 4.78 is 6.94. The van der Waals surface area contributed by atoms with Crippen LogP contribution in [0.15, 0.2) is 30.5 Å². The van der Waals surface area contributed by atoms with E-state index in [9.17, 15) is 9.59 Å². The quantitative estimate of drug-likeness (QED) is 0.693. The molecule has 0 unspecified atom stereocenters. The van der Waals surface area contributed by atoms with Gasteiger partial charge in [-0.2, -0.15) is 0 Å². The van der Waals surface area contributed by atoms with Gasteiger partial charge in [0, 0.05) is 12.6 Å². The second-order valence-electron chi connectivity index (χ2n) is 8.29. The predicted octanol–water partition coefficient (Wildman–Crippen LogP) is 2.52. The van der Waals surface area contributed by atoms with Gasteiger partial charge >= 0.3 is 0 Å². The maximum Gasteiger partial charge on any atom is 0.273 e. The summed E-state index contributed by atoms with van der Waals surface area (Å²) in [5.74, 6) is 1.02. The molecule has 30 heavy (non-hydrogen) atoms. The molecule has 1 fully saturated rings.